The Bertz CT molecular complexity index is 791. The van der Waals surface area contributed by atoms with Gasteiger partial charge in [-0.25, -0.2) is 0 Å². The lowest BCUT2D eigenvalue weighted by atomic mass is 10.0. The first-order valence-corrected chi connectivity index (χ1v) is 8.43. The molecule has 2 aromatic rings. The standard InChI is InChI=1S/C19H23N4O4/c1-26-13-11-22(12-14-27-2)17-7-3-15(4-8-17)19(21-20)16-5-9-18(10-6-16)23(24)25/h3-10,20H,11-14H2,1-2H3/q+1. The van der Waals surface area contributed by atoms with Crippen molar-refractivity contribution < 1.29 is 19.2 Å². The highest BCUT2D eigenvalue weighted by Gasteiger charge is 2.19. The van der Waals surface area contributed by atoms with Crippen LogP contribution in [0.25, 0.3) is 0 Å². The van der Waals surface area contributed by atoms with Crippen LogP contribution in [0.4, 0.5) is 11.4 Å². The van der Waals surface area contributed by atoms with Gasteiger partial charge < -0.3 is 14.4 Å². The maximum absolute atomic E-state index is 10.8. The molecule has 0 aliphatic rings. The van der Waals surface area contributed by atoms with E-state index in [1.54, 1.807) is 26.4 Å². The topological polar surface area (TPSA) is 103 Å². The minimum Gasteiger partial charge on any atom is -0.383 e. The fourth-order valence-corrected chi connectivity index (χ4v) is 2.64. The molecule has 0 aromatic heterocycles. The normalized spacial score (nSPS) is 10.3. The van der Waals surface area contributed by atoms with E-state index in [4.69, 9.17) is 15.0 Å². The second-order valence-electron chi connectivity index (χ2n) is 5.78. The Morgan fingerprint density at radius 2 is 1.48 bits per heavy atom. The number of methoxy groups -OCH3 is 2. The van der Waals surface area contributed by atoms with Crippen molar-refractivity contribution in [3.05, 3.63) is 69.8 Å². The predicted octanol–water partition coefficient (Wildman–Crippen LogP) is 2.77. The van der Waals surface area contributed by atoms with Gasteiger partial charge in [0.15, 0.2) is 0 Å². The number of anilines is 1. The van der Waals surface area contributed by atoms with Crippen LogP contribution >= 0.6 is 0 Å². The summed E-state index contributed by atoms with van der Waals surface area (Å²) < 4.78 is 10.3. The van der Waals surface area contributed by atoms with E-state index in [1.165, 1.54) is 12.1 Å². The van der Waals surface area contributed by atoms with Crippen molar-refractivity contribution in [2.24, 2.45) is 0 Å². The van der Waals surface area contributed by atoms with E-state index in [1.807, 2.05) is 24.3 Å². The first-order valence-electron chi connectivity index (χ1n) is 8.43. The largest absolute Gasteiger partial charge is 0.383 e. The minimum absolute atomic E-state index is 0.00496. The Morgan fingerprint density at radius 3 is 1.89 bits per heavy atom. The summed E-state index contributed by atoms with van der Waals surface area (Å²) in [5.74, 6) is 0. The second kappa shape index (κ2) is 10.2. The van der Waals surface area contributed by atoms with Crippen molar-refractivity contribution in [1.82, 2.24) is 0 Å². The van der Waals surface area contributed by atoms with Crippen LogP contribution in [0.5, 0.6) is 0 Å². The van der Waals surface area contributed by atoms with Gasteiger partial charge in [0.1, 0.15) is 0 Å². The van der Waals surface area contributed by atoms with Gasteiger partial charge in [0.25, 0.3) is 5.69 Å². The van der Waals surface area contributed by atoms with Crippen molar-refractivity contribution in [2.45, 2.75) is 0 Å². The quantitative estimate of drug-likeness (QED) is 0.227. The van der Waals surface area contributed by atoms with E-state index in [0.717, 1.165) is 24.3 Å². The van der Waals surface area contributed by atoms with E-state index in [-0.39, 0.29) is 5.69 Å². The number of hydrogen-bond donors (Lipinski definition) is 1. The number of nitrogens with zero attached hydrogens (tertiary/aromatic N) is 3. The molecule has 0 radical (unpaired) electrons. The van der Waals surface area contributed by atoms with Crippen LogP contribution in [0.2, 0.25) is 0 Å². The number of nitrogens with one attached hydrogen (secondary N) is 1. The van der Waals surface area contributed by atoms with Crippen LogP contribution in [0.1, 0.15) is 11.1 Å². The van der Waals surface area contributed by atoms with Crippen molar-refractivity contribution in [3.63, 3.8) is 0 Å². The number of rotatable bonds is 10. The molecule has 0 aliphatic heterocycles. The van der Waals surface area contributed by atoms with Gasteiger partial charge in [-0.2, -0.15) is 0 Å². The molecule has 0 aliphatic carbocycles. The first-order chi connectivity index (χ1) is 13.1. The SMILES string of the molecule is COCCN(CCOC)c1ccc(C(=[N+]=N)c2ccc([N+](=O)[O-])cc2)cc1. The summed E-state index contributed by atoms with van der Waals surface area (Å²) in [6.45, 7) is 2.68. The van der Waals surface area contributed by atoms with Crippen LogP contribution in [-0.2, 0) is 9.47 Å². The Balaban J connectivity index is 2.22. The molecule has 8 nitrogen and oxygen atoms in total. The lowest BCUT2D eigenvalue weighted by molar-refractivity contribution is -0.384. The molecule has 8 heteroatoms. The average Bonchev–Trinajstić information content (AvgIpc) is 2.70. The minimum atomic E-state index is -0.454. The molecular formula is C19H23N4O4+. The van der Waals surface area contributed by atoms with E-state index in [2.05, 4.69) is 9.69 Å². The van der Waals surface area contributed by atoms with Crippen LogP contribution in [-0.4, -0.2) is 55.9 Å². The molecule has 2 rings (SSSR count). The van der Waals surface area contributed by atoms with Crippen LogP contribution in [0, 0.1) is 15.6 Å². The van der Waals surface area contributed by atoms with Crippen LogP contribution in [0.15, 0.2) is 48.5 Å². The van der Waals surface area contributed by atoms with Gasteiger partial charge in [-0.3, -0.25) is 10.1 Å². The zero-order valence-electron chi connectivity index (χ0n) is 15.4. The highest BCUT2D eigenvalue weighted by Crippen LogP contribution is 2.19. The summed E-state index contributed by atoms with van der Waals surface area (Å²) in [7, 11) is 3.33. The van der Waals surface area contributed by atoms with Gasteiger partial charge in [-0.05, 0) is 36.4 Å². The fourth-order valence-electron chi connectivity index (χ4n) is 2.64. The Labute approximate surface area is 157 Å². The first kappa shape index (κ1) is 20.3. The summed E-state index contributed by atoms with van der Waals surface area (Å²) in [4.78, 5) is 16.1. The lowest BCUT2D eigenvalue weighted by Gasteiger charge is -2.24. The van der Waals surface area contributed by atoms with E-state index in [9.17, 15) is 10.1 Å². The number of non-ortho nitro benzene ring substituents is 1. The molecule has 0 saturated carbocycles. The molecule has 0 bridgehead atoms. The molecular weight excluding hydrogens is 348 g/mol. The zero-order valence-corrected chi connectivity index (χ0v) is 15.4. The molecule has 2 aromatic carbocycles. The summed E-state index contributed by atoms with van der Waals surface area (Å²) in [5.41, 5.74) is 10.4. The summed E-state index contributed by atoms with van der Waals surface area (Å²) in [6, 6.07) is 13.7. The third kappa shape index (κ3) is 5.46. The maximum Gasteiger partial charge on any atom is 0.379 e. The maximum atomic E-state index is 10.8. The van der Waals surface area contributed by atoms with Crippen LogP contribution < -0.4 is 4.90 Å². The van der Waals surface area contributed by atoms with Crippen molar-refractivity contribution in [2.75, 3.05) is 45.4 Å². The molecule has 142 valence electrons. The summed E-state index contributed by atoms with van der Waals surface area (Å²) >= 11 is 0. The molecule has 0 atom stereocenters. The Morgan fingerprint density at radius 1 is 1.00 bits per heavy atom. The number of hydrogen-bond acceptors (Lipinski definition) is 6. The van der Waals surface area contributed by atoms with E-state index in [0.29, 0.717) is 24.5 Å². The molecule has 27 heavy (non-hydrogen) atoms. The average molecular weight is 371 g/mol. The molecule has 0 heterocycles. The molecule has 0 saturated heterocycles. The lowest BCUT2D eigenvalue weighted by Crippen LogP contribution is -2.30. The van der Waals surface area contributed by atoms with Gasteiger partial charge in [0.05, 0.1) is 39.6 Å². The third-order valence-corrected chi connectivity index (χ3v) is 4.10. The number of nitro groups is 1. The van der Waals surface area contributed by atoms with Gasteiger partial charge in [-0.1, -0.05) is 0 Å². The zero-order chi connectivity index (χ0) is 19.6. The van der Waals surface area contributed by atoms with Crippen LogP contribution in [0.3, 0.4) is 0 Å². The van der Waals surface area contributed by atoms with E-state index >= 15 is 0 Å². The van der Waals surface area contributed by atoms with Crippen molar-refractivity contribution in [3.8, 4) is 0 Å². The number of benzene rings is 2. The fraction of sp³-hybridized carbons (Fsp3) is 0.316. The van der Waals surface area contributed by atoms with Gasteiger partial charge in [-0.15, -0.1) is 0 Å². The molecule has 0 spiro atoms. The third-order valence-electron chi connectivity index (χ3n) is 4.10. The van der Waals surface area contributed by atoms with E-state index < -0.39 is 4.92 Å². The summed E-state index contributed by atoms with van der Waals surface area (Å²) in [6.07, 6.45) is 0. The Kier molecular flexibility index (Phi) is 7.63. The highest BCUT2D eigenvalue weighted by atomic mass is 16.6. The van der Waals surface area contributed by atoms with Crippen molar-refractivity contribution >= 4 is 17.1 Å². The molecule has 0 amide bonds. The highest BCUT2D eigenvalue weighted by molar-refractivity contribution is 6.09. The molecule has 0 unspecified atom stereocenters. The Hall–Kier alpha value is -3.06. The van der Waals surface area contributed by atoms with Gasteiger partial charge >= 0.3 is 5.71 Å². The monoisotopic (exact) mass is 371 g/mol. The molecule has 0 fully saturated rings. The van der Waals surface area contributed by atoms with Gasteiger partial charge in [0.2, 0.25) is 0 Å². The number of nitro benzene ring substituents is 1. The van der Waals surface area contributed by atoms with Crippen molar-refractivity contribution in [1.29, 1.82) is 5.53 Å². The predicted molar refractivity (Wildman–Crippen MR) is 102 cm³/mol. The second-order valence-corrected chi connectivity index (χ2v) is 5.78. The van der Waals surface area contributed by atoms with Gasteiger partial charge in [0, 0.05) is 45.1 Å². The summed E-state index contributed by atoms with van der Waals surface area (Å²) in [5, 5.41) is 10.8. The number of ether oxygens (including phenoxy) is 2. The molecule has 1 N–H and O–H groups in total. The smallest absolute Gasteiger partial charge is 0.379 e.